The summed E-state index contributed by atoms with van der Waals surface area (Å²) in [6.45, 7) is 4.05. The monoisotopic (exact) mass is 495 g/mol. The van der Waals surface area contributed by atoms with Crippen LogP contribution in [0.25, 0.3) is 11.5 Å². The second-order valence-corrected chi connectivity index (χ2v) is 9.98. The molecule has 35 heavy (non-hydrogen) atoms. The molecular weight excluding hydrogens is 465 g/mol. The zero-order valence-electron chi connectivity index (χ0n) is 19.7. The molecule has 0 spiro atoms. The summed E-state index contributed by atoms with van der Waals surface area (Å²) in [5, 5.41) is 11.2. The molecule has 1 aromatic heterocycles. The maximum absolute atomic E-state index is 13.4. The fourth-order valence-corrected chi connectivity index (χ4v) is 5.51. The number of carbonyl (C=O) groups is 1. The molecule has 1 saturated heterocycles. The van der Waals surface area contributed by atoms with Crippen LogP contribution in [0.1, 0.15) is 32.1 Å². The highest BCUT2D eigenvalue weighted by atomic mass is 32.2. The Labute approximate surface area is 209 Å². The minimum Gasteiger partial charge on any atom is -0.411 e. The lowest BCUT2D eigenvalue weighted by molar-refractivity contribution is -0.113. The fraction of sp³-hybridized carbons (Fsp3) is 0.423. The van der Waals surface area contributed by atoms with Gasteiger partial charge in [0.2, 0.25) is 11.8 Å². The molecule has 1 saturated carbocycles. The first-order valence-corrected chi connectivity index (χ1v) is 13.2. The van der Waals surface area contributed by atoms with Crippen LogP contribution < -0.4 is 10.2 Å². The Morgan fingerprint density at radius 2 is 1.83 bits per heavy atom. The number of nitrogens with one attached hydrogen (secondary N) is 1. The summed E-state index contributed by atoms with van der Waals surface area (Å²) < 4.78 is 19.0. The van der Waals surface area contributed by atoms with Crippen LogP contribution >= 0.6 is 11.8 Å². The first kappa shape index (κ1) is 23.8. The minimum absolute atomic E-state index is 0.134. The molecule has 3 aromatic rings. The number of aromatic nitrogens is 2. The van der Waals surface area contributed by atoms with Gasteiger partial charge in [-0.2, -0.15) is 0 Å². The van der Waals surface area contributed by atoms with Gasteiger partial charge in [0.05, 0.1) is 17.1 Å². The molecule has 9 heteroatoms. The van der Waals surface area contributed by atoms with Gasteiger partial charge < -0.3 is 14.6 Å². The van der Waals surface area contributed by atoms with E-state index < -0.39 is 0 Å². The molecule has 2 aliphatic rings. The van der Waals surface area contributed by atoms with Gasteiger partial charge in [-0.3, -0.25) is 9.69 Å². The molecule has 1 amide bonds. The van der Waals surface area contributed by atoms with Crippen molar-refractivity contribution < 1.29 is 13.6 Å². The van der Waals surface area contributed by atoms with E-state index in [1.165, 1.54) is 44.2 Å². The number of halogens is 1. The summed E-state index contributed by atoms with van der Waals surface area (Å²) in [6.07, 6.45) is 6.74. The maximum Gasteiger partial charge on any atom is 0.277 e. The number of para-hydroxylation sites is 2. The smallest absolute Gasteiger partial charge is 0.277 e. The lowest BCUT2D eigenvalue weighted by atomic mass is 9.94. The SMILES string of the molecule is O=C(CSc1nnc(-c2cccc(F)c2)o1)Nc1ccccc1N1CCN(C2CCCCC2)CC1. The van der Waals surface area contributed by atoms with E-state index in [-0.39, 0.29) is 28.6 Å². The summed E-state index contributed by atoms with van der Waals surface area (Å²) in [5.41, 5.74) is 2.38. The summed E-state index contributed by atoms with van der Waals surface area (Å²) in [5.74, 6) is -0.156. The van der Waals surface area contributed by atoms with Gasteiger partial charge in [0, 0.05) is 37.8 Å². The molecule has 5 rings (SSSR count). The Morgan fingerprint density at radius 1 is 1.03 bits per heavy atom. The lowest BCUT2D eigenvalue weighted by Gasteiger charge is -2.42. The fourth-order valence-electron chi connectivity index (χ4n) is 4.95. The van der Waals surface area contributed by atoms with Crippen LogP contribution in [0.2, 0.25) is 0 Å². The van der Waals surface area contributed by atoms with Crippen LogP contribution in [0.5, 0.6) is 0 Å². The molecule has 1 aliphatic carbocycles. The topological polar surface area (TPSA) is 74.5 Å². The van der Waals surface area contributed by atoms with E-state index in [0.717, 1.165) is 55.4 Å². The molecule has 184 valence electrons. The van der Waals surface area contributed by atoms with Crippen LogP contribution in [-0.2, 0) is 4.79 Å². The summed E-state index contributed by atoms with van der Waals surface area (Å²) in [4.78, 5) is 17.7. The number of anilines is 2. The van der Waals surface area contributed by atoms with E-state index in [0.29, 0.717) is 5.56 Å². The average Bonchev–Trinajstić information content (AvgIpc) is 3.38. The summed E-state index contributed by atoms with van der Waals surface area (Å²) >= 11 is 1.16. The van der Waals surface area contributed by atoms with Crippen molar-refractivity contribution in [3.63, 3.8) is 0 Å². The molecule has 0 unspecified atom stereocenters. The largest absolute Gasteiger partial charge is 0.411 e. The Hall–Kier alpha value is -2.91. The van der Waals surface area contributed by atoms with Gasteiger partial charge in [0.25, 0.3) is 5.22 Å². The van der Waals surface area contributed by atoms with E-state index in [1.54, 1.807) is 12.1 Å². The van der Waals surface area contributed by atoms with Gasteiger partial charge in [0.15, 0.2) is 0 Å². The van der Waals surface area contributed by atoms with Crippen molar-refractivity contribution >= 4 is 29.0 Å². The van der Waals surface area contributed by atoms with Gasteiger partial charge in [-0.15, -0.1) is 10.2 Å². The highest BCUT2D eigenvalue weighted by Crippen LogP contribution is 2.30. The number of benzene rings is 2. The highest BCUT2D eigenvalue weighted by Gasteiger charge is 2.26. The van der Waals surface area contributed by atoms with Crippen LogP contribution in [0, 0.1) is 5.82 Å². The zero-order chi connectivity index (χ0) is 24.0. The van der Waals surface area contributed by atoms with Crippen molar-refractivity contribution in [2.75, 3.05) is 42.1 Å². The molecule has 2 aromatic carbocycles. The van der Waals surface area contributed by atoms with E-state index in [4.69, 9.17) is 4.42 Å². The number of amides is 1. The van der Waals surface area contributed by atoms with Crippen molar-refractivity contribution in [1.82, 2.24) is 15.1 Å². The third-order valence-electron chi connectivity index (χ3n) is 6.73. The standard InChI is InChI=1S/C26H30FN5O2S/c27-20-8-6-7-19(17-20)25-29-30-26(34-25)35-18-24(33)28-22-11-4-5-12-23(22)32-15-13-31(14-16-32)21-9-2-1-3-10-21/h4-8,11-12,17,21H,1-3,9-10,13-16,18H2,(H,28,33). The molecule has 0 radical (unpaired) electrons. The van der Waals surface area contributed by atoms with Crippen LogP contribution in [0.15, 0.2) is 58.2 Å². The molecule has 1 N–H and O–H groups in total. The van der Waals surface area contributed by atoms with Gasteiger partial charge in [0.1, 0.15) is 5.82 Å². The summed E-state index contributed by atoms with van der Waals surface area (Å²) in [7, 11) is 0. The Morgan fingerprint density at radius 3 is 2.63 bits per heavy atom. The first-order chi connectivity index (χ1) is 17.2. The Bertz CT molecular complexity index is 1140. The second-order valence-electron chi connectivity index (χ2n) is 9.05. The van der Waals surface area contributed by atoms with Gasteiger partial charge in [-0.25, -0.2) is 4.39 Å². The molecule has 0 bridgehead atoms. The van der Waals surface area contributed by atoms with E-state index >= 15 is 0 Å². The van der Waals surface area contributed by atoms with Crippen LogP contribution in [-0.4, -0.2) is 59.0 Å². The molecule has 7 nitrogen and oxygen atoms in total. The van der Waals surface area contributed by atoms with Crippen molar-refractivity contribution in [3.05, 3.63) is 54.3 Å². The molecule has 2 heterocycles. The normalized spacial score (nSPS) is 17.5. The van der Waals surface area contributed by atoms with Crippen molar-refractivity contribution in [3.8, 4) is 11.5 Å². The van der Waals surface area contributed by atoms with E-state index in [9.17, 15) is 9.18 Å². The molecule has 1 aliphatic heterocycles. The molecule has 2 fully saturated rings. The third kappa shape index (κ3) is 6.02. The highest BCUT2D eigenvalue weighted by molar-refractivity contribution is 7.99. The van der Waals surface area contributed by atoms with Crippen molar-refractivity contribution in [2.45, 2.75) is 43.4 Å². The van der Waals surface area contributed by atoms with E-state index in [2.05, 4.69) is 31.4 Å². The number of rotatable bonds is 7. The van der Waals surface area contributed by atoms with Crippen molar-refractivity contribution in [1.29, 1.82) is 0 Å². The first-order valence-electron chi connectivity index (χ1n) is 12.3. The Kier molecular flexibility index (Phi) is 7.63. The van der Waals surface area contributed by atoms with Gasteiger partial charge >= 0.3 is 0 Å². The van der Waals surface area contributed by atoms with Gasteiger partial charge in [-0.1, -0.05) is 49.2 Å². The number of hydrogen-bond acceptors (Lipinski definition) is 7. The van der Waals surface area contributed by atoms with Gasteiger partial charge in [-0.05, 0) is 43.2 Å². The average molecular weight is 496 g/mol. The zero-order valence-corrected chi connectivity index (χ0v) is 20.5. The molecule has 0 atom stereocenters. The molecular formula is C26H30FN5O2S. The lowest BCUT2D eigenvalue weighted by Crippen LogP contribution is -2.51. The van der Waals surface area contributed by atoms with Crippen LogP contribution in [0.4, 0.5) is 15.8 Å². The number of piperazine rings is 1. The van der Waals surface area contributed by atoms with Crippen LogP contribution in [0.3, 0.4) is 0 Å². The number of carbonyl (C=O) groups excluding carboxylic acids is 1. The second kappa shape index (κ2) is 11.2. The maximum atomic E-state index is 13.4. The Balaban J connectivity index is 1.15. The van der Waals surface area contributed by atoms with E-state index in [1.807, 2.05) is 18.2 Å². The predicted octanol–water partition coefficient (Wildman–Crippen LogP) is 5.06. The minimum atomic E-state index is -0.372. The number of thioether (sulfide) groups is 1. The van der Waals surface area contributed by atoms with Crippen molar-refractivity contribution in [2.24, 2.45) is 0 Å². The third-order valence-corrected chi connectivity index (χ3v) is 7.55. The quantitative estimate of drug-likeness (QED) is 0.459. The summed E-state index contributed by atoms with van der Waals surface area (Å²) in [6, 6.07) is 14.7. The number of hydrogen-bond donors (Lipinski definition) is 1. The number of nitrogens with zero attached hydrogens (tertiary/aromatic N) is 4. The predicted molar refractivity (Wildman–Crippen MR) is 136 cm³/mol.